The molecular formula is C36H40FN7O6S. The number of carbonyl (C=O) groups excluding carboxylic acids is 2. The van der Waals surface area contributed by atoms with Crippen LogP contribution in [-0.2, 0) is 16.6 Å². The molecule has 2 aliphatic rings. The second kappa shape index (κ2) is 15.5. The first kappa shape index (κ1) is 35.9. The summed E-state index contributed by atoms with van der Waals surface area (Å²) in [4.78, 5) is 38.3. The number of sulfonamides is 1. The summed E-state index contributed by atoms with van der Waals surface area (Å²) in [5, 5.41) is 12.5. The number of pyridine rings is 2. The Morgan fingerprint density at radius 2 is 1.69 bits per heavy atom. The molecule has 0 saturated carbocycles. The molecule has 2 aromatic carbocycles. The Bertz CT molecular complexity index is 1950. The second-order valence-corrected chi connectivity index (χ2v) is 14.7. The number of hydrogen-bond acceptors (Lipinski definition) is 9. The van der Waals surface area contributed by atoms with E-state index in [4.69, 9.17) is 10.5 Å². The van der Waals surface area contributed by atoms with Crippen molar-refractivity contribution in [1.29, 1.82) is 0 Å². The molecule has 0 unspecified atom stereocenters. The molecule has 0 radical (unpaired) electrons. The molecule has 4 aromatic rings. The van der Waals surface area contributed by atoms with Gasteiger partial charge < -0.3 is 20.9 Å². The van der Waals surface area contributed by atoms with E-state index in [1.165, 1.54) is 28.6 Å². The van der Waals surface area contributed by atoms with Gasteiger partial charge in [0.15, 0.2) is 0 Å². The summed E-state index contributed by atoms with van der Waals surface area (Å²) in [5.41, 5.74) is 7.15. The molecule has 3 amide bonds. The molecule has 0 bridgehead atoms. The van der Waals surface area contributed by atoms with E-state index in [0.717, 1.165) is 17.2 Å². The van der Waals surface area contributed by atoms with Crippen molar-refractivity contribution in [2.75, 3.05) is 36.4 Å². The van der Waals surface area contributed by atoms with E-state index in [2.05, 4.69) is 20.2 Å². The molecule has 268 valence electrons. The first-order chi connectivity index (χ1) is 24.5. The summed E-state index contributed by atoms with van der Waals surface area (Å²) in [6.45, 7) is 4.53. The Hall–Kier alpha value is -4.96. The third kappa shape index (κ3) is 8.68. The number of amides is 3. The number of piperidine rings is 2. The van der Waals surface area contributed by atoms with Gasteiger partial charge in [0.2, 0.25) is 15.9 Å². The number of nitrogens with zero attached hydrogens (tertiary/aromatic N) is 5. The molecule has 2 saturated heterocycles. The van der Waals surface area contributed by atoms with E-state index in [0.29, 0.717) is 62.8 Å². The first-order valence-electron chi connectivity index (χ1n) is 16.7. The molecule has 51 heavy (non-hydrogen) atoms. The third-order valence-corrected chi connectivity index (χ3v) is 11.0. The minimum Gasteiger partial charge on any atom is -0.439 e. The lowest BCUT2D eigenvalue weighted by Gasteiger charge is -2.38. The van der Waals surface area contributed by atoms with Crippen molar-refractivity contribution in [2.24, 2.45) is 5.73 Å². The zero-order valence-electron chi connectivity index (χ0n) is 28.1. The van der Waals surface area contributed by atoms with Gasteiger partial charge in [-0.05, 0) is 92.3 Å². The number of aryl methyl sites for hydroxylation is 1. The van der Waals surface area contributed by atoms with E-state index in [1.54, 1.807) is 41.6 Å². The number of primary amides is 1. The van der Waals surface area contributed by atoms with Crippen LogP contribution in [0.25, 0.3) is 0 Å². The standard InChI is InChI=1S/C36H40FN7O6S/c1-24-2-10-33(39-21-24)44(36(47)41-26-4-9-32(37)31(20-26)35(38)46)27-12-16-42(17-13-27)23-25-3-11-34(40-22-25)50-29-5-7-30(8-6-29)51(48,49)43-18-14-28(45)15-19-43/h2-11,20-22,27-28,45H,12-19,23H2,1H3,(H2,38,46)(H,41,47). The highest BCUT2D eigenvalue weighted by atomic mass is 32.2. The van der Waals surface area contributed by atoms with Crippen LogP contribution >= 0.6 is 0 Å². The summed E-state index contributed by atoms with van der Waals surface area (Å²) in [7, 11) is -3.65. The van der Waals surface area contributed by atoms with E-state index >= 15 is 0 Å². The minimum atomic E-state index is -3.65. The van der Waals surface area contributed by atoms with Crippen LogP contribution in [0.2, 0.25) is 0 Å². The first-order valence-corrected chi connectivity index (χ1v) is 18.2. The molecule has 13 nitrogen and oxygen atoms in total. The predicted molar refractivity (Wildman–Crippen MR) is 188 cm³/mol. The van der Waals surface area contributed by atoms with Crippen LogP contribution in [0.3, 0.4) is 0 Å². The zero-order valence-corrected chi connectivity index (χ0v) is 28.9. The predicted octanol–water partition coefficient (Wildman–Crippen LogP) is 4.66. The Morgan fingerprint density at radius 1 is 0.961 bits per heavy atom. The quantitative estimate of drug-likeness (QED) is 0.211. The van der Waals surface area contributed by atoms with Gasteiger partial charge in [-0.15, -0.1) is 0 Å². The van der Waals surface area contributed by atoms with Gasteiger partial charge in [0.05, 0.1) is 16.6 Å². The number of hydrogen-bond donors (Lipinski definition) is 3. The highest BCUT2D eigenvalue weighted by Crippen LogP contribution is 2.27. The number of aromatic nitrogens is 2. The molecule has 2 aliphatic heterocycles. The van der Waals surface area contributed by atoms with Gasteiger partial charge in [-0.3, -0.25) is 14.6 Å². The highest BCUT2D eigenvalue weighted by Gasteiger charge is 2.31. The molecule has 4 heterocycles. The van der Waals surface area contributed by atoms with Crippen LogP contribution in [0.4, 0.5) is 20.7 Å². The summed E-state index contributed by atoms with van der Waals surface area (Å²) in [5.74, 6) is -0.391. The number of urea groups is 1. The average molecular weight is 718 g/mol. The molecular weight excluding hydrogens is 678 g/mol. The lowest BCUT2D eigenvalue weighted by molar-refractivity contribution is 0.0996. The maximum absolute atomic E-state index is 14.0. The lowest BCUT2D eigenvalue weighted by atomic mass is 10.0. The van der Waals surface area contributed by atoms with Crippen LogP contribution in [-0.4, -0.2) is 83.0 Å². The molecule has 2 aromatic heterocycles. The maximum atomic E-state index is 14.0. The molecule has 0 spiro atoms. The number of benzene rings is 2. The third-order valence-electron chi connectivity index (χ3n) is 9.08. The number of nitrogens with two attached hydrogens (primary N) is 1. The summed E-state index contributed by atoms with van der Waals surface area (Å²) < 4.78 is 47.2. The molecule has 2 fully saturated rings. The van der Waals surface area contributed by atoms with Gasteiger partial charge in [-0.2, -0.15) is 4.31 Å². The normalized spacial score (nSPS) is 16.5. The minimum absolute atomic E-state index is 0.170. The summed E-state index contributed by atoms with van der Waals surface area (Å²) >= 11 is 0. The van der Waals surface area contributed by atoms with E-state index < -0.39 is 33.9 Å². The fourth-order valence-corrected chi connectivity index (χ4v) is 7.70. The van der Waals surface area contributed by atoms with Crippen LogP contribution in [0.15, 0.2) is 84.0 Å². The number of rotatable bonds is 10. The SMILES string of the molecule is Cc1ccc(N(C(=O)Nc2ccc(F)c(C(N)=O)c2)C2CCN(Cc3ccc(Oc4ccc(S(=O)(=O)N5CCC(O)CC5)cc4)nc3)CC2)nc1. The smallest absolute Gasteiger partial charge is 0.327 e. The second-order valence-electron chi connectivity index (χ2n) is 12.8. The van der Waals surface area contributed by atoms with Crippen molar-refractivity contribution in [2.45, 2.75) is 56.2 Å². The zero-order chi connectivity index (χ0) is 36.1. The van der Waals surface area contributed by atoms with Crippen LogP contribution in [0, 0.1) is 12.7 Å². The maximum Gasteiger partial charge on any atom is 0.327 e. The molecule has 0 aliphatic carbocycles. The van der Waals surface area contributed by atoms with E-state index in [-0.39, 0.29) is 35.3 Å². The van der Waals surface area contributed by atoms with E-state index in [9.17, 15) is 27.5 Å². The molecule has 0 atom stereocenters. The summed E-state index contributed by atoms with van der Waals surface area (Å²) in [6.07, 6.45) is 5.15. The number of aliphatic hydroxyl groups excluding tert-OH is 1. The number of anilines is 2. The Kier molecular flexibility index (Phi) is 10.9. The van der Waals surface area contributed by atoms with Gasteiger partial charge in [0.25, 0.3) is 5.91 Å². The van der Waals surface area contributed by atoms with Crippen molar-refractivity contribution in [3.8, 4) is 11.6 Å². The van der Waals surface area contributed by atoms with Crippen molar-refractivity contribution < 1.29 is 32.2 Å². The number of nitrogens with one attached hydrogen (secondary N) is 1. The van der Waals surface area contributed by atoms with Gasteiger partial charge in [0.1, 0.15) is 17.4 Å². The van der Waals surface area contributed by atoms with Crippen LogP contribution in [0.1, 0.15) is 47.2 Å². The van der Waals surface area contributed by atoms with E-state index in [1.807, 2.05) is 19.1 Å². The number of ether oxygens (including phenoxy) is 1. The van der Waals surface area contributed by atoms with Gasteiger partial charge in [-0.25, -0.2) is 27.6 Å². The van der Waals surface area contributed by atoms with Gasteiger partial charge in [-0.1, -0.05) is 12.1 Å². The van der Waals surface area contributed by atoms with Crippen molar-refractivity contribution in [3.05, 3.63) is 102 Å². The number of halogens is 1. The highest BCUT2D eigenvalue weighted by molar-refractivity contribution is 7.89. The largest absolute Gasteiger partial charge is 0.439 e. The molecule has 6 rings (SSSR count). The molecule has 4 N–H and O–H groups in total. The fourth-order valence-electron chi connectivity index (χ4n) is 6.23. The topological polar surface area (TPSA) is 171 Å². The van der Waals surface area contributed by atoms with Crippen molar-refractivity contribution in [3.63, 3.8) is 0 Å². The van der Waals surface area contributed by atoms with Crippen LogP contribution in [0.5, 0.6) is 11.6 Å². The fraction of sp³-hybridized carbons (Fsp3) is 0.333. The van der Waals surface area contributed by atoms with Gasteiger partial charge >= 0.3 is 6.03 Å². The van der Waals surface area contributed by atoms with Gasteiger partial charge in [0, 0.05) is 62.9 Å². The monoisotopic (exact) mass is 717 g/mol. The number of aliphatic hydroxyl groups is 1. The Labute approximate surface area is 295 Å². The number of likely N-dealkylation sites (tertiary alicyclic amines) is 1. The lowest BCUT2D eigenvalue weighted by Crippen LogP contribution is -2.49. The molecule has 15 heteroatoms. The average Bonchev–Trinajstić information content (AvgIpc) is 3.12. The van der Waals surface area contributed by atoms with Crippen molar-refractivity contribution in [1.82, 2.24) is 19.2 Å². The van der Waals surface area contributed by atoms with Crippen LogP contribution < -0.4 is 20.7 Å². The number of carbonyl (C=O) groups is 2. The summed E-state index contributed by atoms with van der Waals surface area (Å²) in [6, 6.07) is 16.6. The Morgan fingerprint density at radius 3 is 2.31 bits per heavy atom. The Balaban J connectivity index is 1.05. The van der Waals surface area contributed by atoms with Crippen molar-refractivity contribution >= 4 is 33.5 Å².